The highest BCUT2D eigenvalue weighted by Gasteiger charge is 2.07. The SMILES string of the molecule is CN(C)c1ccc(Br)c(C[Si]Cc2cc(N(C)C)ccc2Br)c1. The minimum atomic E-state index is 0.863. The van der Waals surface area contributed by atoms with Crippen LogP contribution < -0.4 is 9.80 Å². The maximum atomic E-state index is 3.68. The van der Waals surface area contributed by atoms with Crippen LogP contribution >= 0.6 is 31.9 Å². The Morgan fingerprint density at radius 1 is 0.739 bits per heavy atom. The normalized spacial score (nSPS) is 10.7. The van der Waals surface area contributed by atoms with Crippen molar-refractivity contribution in [3.63, 3.8) is 0 Å². The molecule has 0 spiro atoms. The molecule has 0 aliphatic rings. The monoisotopic (exact) mass is 452 g/mol. The smallest absolute Gasteiger partial charge is 0.0479 e. The minimum absolute atomic E-state index is 0.863. The molecule has 0 saturated carbocycles. The fourth-order valence-electron chi connectivity index (χ4n) is 2.28. The Balaban J connectivity index is 2.05. The van der Waals surface area contributed by atoms with Gasteiger partial charge in [0.15, 0.2) is 0 Å². The second-order valence-electron chi connectivity index (χ2n) is 5.94. The predicted molar refractivity (Wildman–Crippen MR) is 110 cm³/mol. The maximum Gasteiger partial charge on any atom is 0.0479 e. The first-order chi connectivity index (χ1) is 10.9. The Labute approximate surface area is 159 Å². The third-order valence-electron chi connectivity index (χ3n) is 3.72. The fraction of sp³-hybridized carbons (Fsp3) is 0.333. The highest BCUT2D eigenvalue weighted by molar-refractivity contribution is 9.10. The van der Waals surface area contributed by atoms with Gasteiger partial charge in [0.2, 0.25) is 0 Å². The second kappa shape index (κ2) is 8.35. The first kappa shape index (κ1) is 18.6. The highest BCUT2D eigenvalue weighted by Crippen LogP contribution is 2.25. The number of anilines is 2. The lowest BCUT2D eigenvalue weighted by atomic mass is 10.2. The molecule has 0 aliphatic carbocycles. The number of halogens is 2. The molecule has 0 heterocycles. The largest absolute Gasteiger partial charge is 0.378 e. The van der Waals surface area contributed by atoms with Crippen molar-refractivity contribution in [1.29, 1.82) is 0 Å². The van der Waals surface area contributed by atoms with Gasteiger partial charge in [0.25, 0.3) is 0 Å². The van der Waals surface area contributed by atoms with Crippen molar-refractivity contribution in [2.75, 3.05) is 38.0 Å². The quantitative estimate of drug-likeness (QED) is 0.582. The van der Waals surface area contributed by atoms with Crippen LogP contribution in [0.2, 0.25) is 0 Å². The number of rotatable bonds is 6. The van der Waals surface area contributed by atoms with Crippen LogP contribution in [0.3, 0.4) is 0 Å². The summed E-state index contributed by atoms with van der Waals surface area (Å²) in [5.41, 5.74) is 5.27. The Morgan fingerprint density at radius 3 is 1.48 bits per heavy atom. The summed E-state index contributed by atoms with van der Waals surface area (Å²) in [6.45, 7) is 0. The molecule has 2 nitrogen and oxygen atoms in total. The number of nitrogens with zero attached hydrogens (tertiary/aromatic N) is 2. The van der Waals surface area contributed by atoms with Gasteiger partial charge in [-0.25, -0.2) is 0 Å². The molecule has 0 fully saturated rings. The van der Waals surface area contributed by atoms with Gasteiger partial charge in [0, 0.05) is 58.0 Å². The van der Waals surface area contributed by atoms with Crippen molar-refractivity contribution >= 4 is 52.8 Å². The Morgan fingerprint density at radius 2 is 1.13 bits per heavy atom. The van der Waals surface area contributed by atoms with Crippen LogP contribution in [0, 0.1) is 0 Å². The molecule has 0 N–H and O–H groups in total. The summed E-state index contributed by atoms with van der Waals surface area (Å²) in [5, 5.41) is 0. The van der Waals surface area contributed by atoms with Crippen LogP contribution in [0.25, 0.3) is 0 Å². The molecule has 0 aromatic heterocycles. The van der Waals surface area contributed by atoms with E-state index in [0.717, 1.165) is 21.6 Å². The lowest BCUT2D eigenvalue weighted by molar-refractivity contribution is 1.12. The van der Waals surface area contributed by atoms with Crippen LogP contribution in [-0.2, 0) is 12.1 Å². The predicted octanol–water partition coefficient (Wildman–Crippen LogP) is 4.75. The van der Waals surface area contributed by atoms with Gasteiger partial charge in [-0.3, -0.25) is 0 Å². The summed E-state index contributed by atoms with van der Waals surface area (Å²) in [5.74, 6) is 0. The zero-order valence-electron chi connectivity index (χ0n) is 14.0. The first-order valence-electron chi connectivity index (χ1n) is 7.50. The molecule has 5 heteroatoms. The van der Waals surface area contributed by atoms with Gasteiger partial charge in [-0.2, -0.15) is 0 Å². The zero-order chi connectivity index (χ0) is 17.0. The molecular formula is C18H22Br2N2Si. The van der Waals surface area contributed by atoms with E-state index in [1.165, 1.54) is 31.4 Å². The van der Waals surface area contributed by atoms with E-state index >= 15 is 0 Å². The van der Waals surface area contributed by atoms with Gasteiger partial charge >= 0.3 is 0 Å². The molecule has 2 radical (unpaired) electrons. The Bertz CT molecular complexity index is 615. The van der Waals surface area contributed by atoms with Crippen molar-refractivity contribution in [3.05, 3.63) is 56.5 Å². The maximum absolute atomic E-state index is 3.68. The van der Waals surface area contributed by atoms with Gasteiger partial charge in [0.05, 0.1) is 0 Å². The molecule has 0 saturated heterocycles. The standard InChI is InChI=1S/C18H22Br2N2Si/c1-21(2)15-5-7-17(19)13(9-15)11-23-12-14-10-16(22(3)4)6-8-18(14)20/h5-10H,11-12H2,1-4H3. The lowest BCUT2D eigenvalue weighted by Crippen LogP contribution is -2.11. The molecule has 0 unspecified atom stereocenters. The summed E-state index contributed by atoms with van der Waals surface area (Å²) in [7, 11) is 9.19. The minimum Gasteiger partial charge on any atom is -0.378 e. The van der Waals surface area contributed by atoms with Crippen LogP contribution in [-0.4, -0.2) is 37.7 Å². The molecule has 0 aliphatic heterocycles. The van der Waals surface area contributed by atoms with Crippen molar-refractivity contribution < 1.29 is 0 Å². The van der Waals surface area contributed by atoms with E-state index in [-0.39, 0.29) is 0 Å². The Hall–Kier alpha value is -0.783. The third-order valence-corrected chi connectivity index (χ3v) is 6.53. The van der Waals surface area contributed by atoms with E-state index in [0.29, 0.717) is 0 Å². The summed E-state index contributed by atoms with van der Waals surface area (Å²) in [6, 6.07) is 15.4. The van der Waals surface area contributed by atoms with E-state index in [1.807, 2.05) is 0 Å². The number of hydrogen-bond donors (Lipinski definition) is 0. The van der Waals surface area contributed by atoms with E-state index in [9.17, 15) is 0 Å². The summed E-state index contributed by atoms with van der Waals surface area (Å²) in [6.07, 6.45) is 0. The summed E-state index contributed by atoms with van der Waals surface area (Å²) >= 11 is 7.36. The molecule has 0 atom stereocenters. The molecule has 0 bridgehead atoms. The van der Waals surface area contributed by atoms with Crippen LogP contribution in [0.4, 0.5) is 11.4 Å². The molecule has 0 amide bonds. The van der Waals surface area contributed by atoms with Gasteiger partial charge in [-0.1, -0.05) is 31.9 Å². The Kier molecular flexibility index (Phi) is 6.74. The average molecular weight is 454 g/mol. The van der Waals surface area contributed by atoms with Gasteiger partial charge in [-0.15, -0.1) is 0 Å². The third kappa shape index (κ3) is 5.09. The first-order valence-corrected chi connectivity index (χ1v) is 10.5. The lowest BCUT2D eigenvalue weighted by Gasteiger charge is -2.16. The van der Waals surface area contributed by atoms with Gasteiger partial charge in [0.1, 0.15) is 0 Å². The molecule has 2 rings (SSSR count). The van der Waals surface area contributed by atoms with Crippen molar-refractivity contribution in [2.24, 2.45) is 0 Å². The number of hydrogen-bond acceptors (Lipinski definition) is 2. The highest BCUT2D eigenvalue weighted by atomic mass is 79.9. The van der Waals surface area contributed by atoms with Crippen molar-refractivity contribution in [2.45, 2.75) is 12.1 Å². The average Bonchev–Trinajstić information content (AvgIpc) is 2.50. The van der Waals surface area contributed by atoms with Crippen molar-refractivity contribution in [3.8, 4) is 0 Å². The van der Waals surface area contributed by atoms with E-state index in [4.69, 9.17) is 0 Å². The van der Waals surface area contributed by atoms with E-state index in [2.05, 4.69) is 106 Å². The zero-order valence-corrected chi connectivity index (χ0v) is 18.2. The number of benzene rings is 2. The van der Waals surface area contributed by atoms with Gasteiger partial charge < -0.3 is 9.80 Å². The van der Waals surface area contributed by atoms with Crippen molar-refractivity contribution in [1.82, 2.24) is 0 Å². The van der Waals surface area contributed by atoms with Crippen LogP contribution in [0.15, 0.2) is 45.3 Å². The fourth-order valence-corrected chi connectivity index (χ4v) is 4.82. The molecule has 23 heavy (non-hydrogen) atoms. The molecule has 122 valence electrons. The molecule has 2 aromatic carbocycles. The van der Waals surface area contributed by atoms with E-state index in [1.54, 1.807) is 0 Å². The summed E-state index contributed by atoms with van der Waals surface area (Å²) in [4.78, 5) is 4.30. The molecule has 2 aromatic rings. The van der Waals surface area contributed by atoms with E-state index < -0.39 is 0 Å². The summed E-state index contributed by atoms with van der Waals surface area (Å²) < 4.78 is 2.41. The molecular weight excluding hydrogens is 432 g/mol. The van der Waals surface area contributed by atoms with Crippen LogP contribution in [0.5, 0.6) is 0 Å². The van der Waals surface area contributed by atoms with Gasteiger partial charge in [-0.05, 0) is 59.6 Å². The second-order valence-corrected chi connectivity index (χ2v) is 8.86. The van der Waals surface area contributed by atoms with Crippen LogP contribution in [0.1, 0.15) is 11.1 Å². The topological polar surface area (TPSA) is 6.48 Å².